The Bertz CT molecular complexity index is 1060. The minimum absolute atomic E-state index is 0.146. The number of H-pyrrole nitrogens is 1. The Balaban J connectivity index is 2.21. The lowest BCUT2D eigenvalue weighted by atomic mass is 9.91. The molecule has 0 bridgehead atoms. The highest BCUT2D eigenvalue weighted by Gasteiger charge is 2.26. The molecule has 1 aromatic carbocycles. The first-order valence-corrected chi connectivity index (χ1v) is 9.07. The highest BCUT2D eigenvalue weighted by atomic mass is 35.5. The molecule has 7 heteroatoms. The van der Waals surface area contributed by atoms with Gasteiger partial charge in [-0.15, -0.1) is 0 Å². The van der Waals surface area contributed by atoms with E-state index in [2.05, 4.69) is 15.0 Å². The normalized spacial score (nSPS) is 13.4. The topological polar surface area (TPSA) is 50.3 Å². The molecule has 0 amide bonds. The number of alkyl halides is 1. The second kappa shape index (κ2) is 8.52. The number of hydrogen-bond acceptors (Lipinski definition) is 3. The van der Waals surface area contributed by atoms with E-state index in [1.807, 2.05) is 19.1 Å². The maximum Gasteiger partial charge on any atom is 0.142 e. The van der Waals surface area contributed by atoms with E-state index in [0.29, 0.717) is 17.0 Å². The Morgan fingerprint density at radius 2 is 2.21 bits per heavy atom. The van der Waals surface area contributed by atoms with E-state index < -0.39 is 18.4 Å². The van der Waals surface area contributed by atoms with Crippen LogP contribution in [0.4, 0.5) is 8.78 Å². The Labute approximate surface area is 166 Å². The quantitative estimate of drug-likeness (QED) is 0.547. The molecule has 2 aromatic heterocycles. The molecule has 1 atom stereocenters. The number of allylic oxidation sites excluding steroid dienone is 2. The molecular weight excluding hydrogens is 384 g/mol. The number of aromatic amines is 1. The van der Waals surface area contributed by atoms with Crippen molar-refractivity contribution in [2.75, 3.05) is 20.8 Å². The fourth-order valence-electron chi connectivity index (χ4n) is 3.29. The first-order valence-electron chi connectivity index (χ1n) is 8.69. The second-order valence-corrected chi connectivity index (χ2v) is 6.56. The predicted octanol–water partition coefficient (Wildman–Crippen LogP) is 5.57. The Morgan fingerprint density at radius 3 is 2.86 bits per heavy atom. The standard InChI is InChI=1S/C21H20ClF2N3O/c1-4-12(9-25-2)13-7-14-16(11-27-21(14)26-10-13)15(8-23)19-18(28-3)6-5-17(24)20(19)22/h4-7,9-11,15H,8H2,1-3H3,(H,26,27)/b12-4+,25-9?. The fourth-order valence-corrected chi connectivity index (χ4v) is 3.58. The summed E-state index contributed by atoms with van der Waals surface area (Å²) in [4.78, 5) is 11.5. The highest BCUT2D eigenvalue weighted by Crippen LogP contribution is 2.41. The number of nitrogens with zero attached hydrogens (tertiary/aromatic N) is 2. The molecule has 0 spiro atoms. The van der Waals surface area contributed by atoms with E-state index in [0.717, 1.165) is 16.5 Å². The summed E-state index contributed by atoms with van der Waals surface area (Å²) in [6, 6.07) is 4.57. The van der Waals surface area contributed by atoms with E-state index in [4.69, 9.17) is 16.3 Å². The predicted molar refractivity (Wildman–Crippen MR) is 110 cm³/mol. The van der Waals surface area contributed by atoms with E-state index >= 15 is 0 Å². The van der Waals surface area contributed by atoms with Crippen molar-refractivity contribution in [1.29, 1.82) is 0 Å². The van der Waals surface area contributed by atoms with Crippen LogP contribution < -0.4 is 4.74 Å². The molecule has 146 valence electrons. The summed E-state index contributed by atoms with van der Waals surface area (Å²) in [6.45, 7) is 1.13. The van der Waals surface area contributed by atoms with Crippen LogP contribution in [0.5, 0.6) is 5.75 Å². The van der Waals surface area contributed by atoms with Gasteiger partial charge in [-0.1, -0.05) is 17.7 Å². The number of methoxy groups -OCH3 is 1. The fraction of sp³-hybridized carbons (Fsp3) is 0.238. The molecule has 0 fully saturated rings. The first-order chi connectivity index (χ1) is 13.5. The smallest absolute Gasteiger partial charge is 0.142 e. The van der Waals surface area contributed by atoms with Gasteiger partial charge in [0.05, 0.1) is 12.1 Å². The van der Waals surface area contributed by atoms with Crippen LogP contribution in [0.2, 0.25) is 5.02 Å². The van der Waals surface area contributed by atoms with Crippen LogP contribution in [0.25, 0.3) is 16.6 Å². The van der Waals surface area contributed by atoms with Crippen LogP contribution in [-0.2, 0) is 0 Å². The van der Waals surface area contributed by atoms with Gasteiger partial charge < -0.3 is 9.72 Å². The van der Waals surface area contributed by atoms with Gasteiger partial charge in [0.15, 0.2) is 0 Å². The number of hydrogen-bond donors (Lipinski definition) is 1. The van der Waals surface area contributed by atoms with Gasteiger partial charge in [0.1, 0.15) is 23.9 Å². The Hall–Kier alpha value is -2.73. The number of benzene rings is 1. The van der Waals surface area contributed by atoms with Crippen molar-refractivity contribution in [2.24, 2.45) is 4.99 Å². The lowest BCUT2D eigenvalue weighted by molar-refractivity contribution is 0.396. The number of aromatic nitrogens is 2. The molecule has 3 aromatic rings. The van der Waals surface area contributed by atoms with Crippen molar-refractivity contribution in [3.63, 3.8) is 0 Å². The number of rotatable bonds is 6. The summed E-state index contributed by atoms with van der Waals surface area (Å²) in [5, 5.41) is 0.583. The van der Waals surface area contributed by atoms with E-state index in [1.165, 1.54) is 19.2 Å². The van der Waals surface area contributed by atoms with Crippen LogP contribution in [0.15, 0.2) is 41.7 Å². The molecule has 0 saturated carbocycles. The molecule has 4 nitrogen and oxygen atoms in total. The number of halogens is 3. The molecule has 28 heavy (non-hydrogen) atoms. The number of aliphatic imine (C=N–C) groups is 1. The SMILES string of the molecule is C/C=C(\C=NC)c1cnc2[nH]cc(C(CF)c3c(OC)ccc(F)c3Cl)c2c1. The third-order valence-electron chi connectivity index (χ3n) is 4.67. The molecule has 1 N–H and O–H groups in total. The van der Waals surface area contributed by atoms with Gasteiger partial charge in [-0.3, -0.25) is 9.38 Å². The first kappa shape index (κ1) is 20.0. The van der Waals surface area contributed by atoms with Gasteiger partial charge in [0.2, 0.25) is 0 Å². The summed E-state index contributed by atoms with van der Waals surface area (Å²) < 4.78 is 33.6. The molecule has 0 aliphatic carbocycles. The molecule has 0 radical (unpaired) electrons. The lowest BCUT2D eigenvalue weighted by Gasteiger charge is -2.19. The van der Waals surface area contributed by atoms with Crippen molar-refractivity contribution >= 4 is 34.4 Å². The van der Waals surface area contributed by atoms with Crippen molar-refractivity contribution in [1.82, 2.24) is 9.97 Å². The van der Waals surface area contributed by atoms with E-state index in [-0.39, 0.29) is 10.6 Å². The van der Waals surface area contributed by atoms with Gasteiger partial charge in [0.25, 0.3) is 0 Å². The maximum atomic E-state index is 14.2. The monoisotopic (exact) mass is 403 g/mol. The maximum absolute atomic E-state index is 14.2. The number of fused-ring (bicyclic) bond motifs is 1. The van der Waals surface area contributed by atoms with Crippen LogP contribution in [0.3, 0.4) is 0 Å². The highest BCUT2D eigenvalue weighted by molar-refractivity contribution is 6.31. The second-order valence-electron chi connectivity index (χ2n) is 6.18. The zero-order chi connectivity index (χ0) is 20.3. The van der Waals surface area contributed by atoms with Gasteiger partial charge in [-0.25, -0.2) is 9.37 Å². The average Bonchev–Trinajstić information content (AvgIpc) is 3.13. The molecule has 2 heterocycles. The third kappa shape index (κ3) is 3.52. The molecular formula is C21H20ClF2N3O. The molecule has 0 saturated heterocycles. The van der Waals surface area contributed by atoms with Crippen LogP contribution in [0, 0.1) is 5.82 Å². The van der Waals surface area contributed by atoms with Crippen molar-refractivity contribution in [3.8, 4) is 5.75 Å². The summed E-state index contributed by atoms with van der Waals surface area (Å²) in [5.74, 6) is -1.09. The van der Waals surface area contributed by atoms with Crippen LogP contribution >= 0.6 is 11.6 Å². The minimum Gasteiger partial charge on any atom is -0.496 e. The minimum atomic E-state index is -0.808. The summed E-state index contributed by atoms with van der Waals surface area (Å²) >= 11 is 6.19. The van der Waals surface area contributed by atoms with Crippen LogP contribution in [0.1, 0.15) is 29.5 Å². The van der Waals surface area contributed by atoms with Crippen molar-refractivity contribution in [3.05, 3.63) is 64.2 Å². The van der Waals surface area contributed by atoms with Gasteiger partial charge >= 0.3 is 0 Å². The van der Waals surface area contributed by atoms with Crippen LogP contribution in [-0.4, -0.2) is 37.0 Å². The zero-order valence-electron chi connectivity index (χ0n) is 15.8. The average molecular weight is 404 g/mol. The number of ether oxygens (including phenoxy) is 1. The van der Waals surface area contributed by atoms with Gasteiger partial charge in [-0.2, -0.15) is 0 Å². The number of nitrogens with one attached hydrogen (secondary N) is 1. The largest absolute Gasteiger partial charge is 0.496 e. The molecule has 0 aliphatic rings. The van der Waals surface area contributed by atoms with Gasteiger partial charge in [-0.05, 0) is 36.3 Å². The zero-order valence-corrected chi connectivity index (χ0v) is 16.5. The van der Waals surface area contributed by atoms with Crippen molar-refractivity contribution < 1.29 is 13.5 Å². The van der Waals surface area contributed by atoms with E-state index in [9.17, 15) is 8.78 Å². The Kier molecular flexibility index (Phi) is 6.09. The summed E-state index contributed by atoms with van der Waals surface area (Å²) in [7, 11) is 3.13. The number of pyridine rings is 1. The molecule has 3 rings (SSSR count). The summed E-state index contributed by atoms with van der Waals surface area (Å²) in [5.41, 5.74) is 3.24. The lowest BCUT2D eigenvalue weighted by Crippen LogP contribution is -2.07. The molecule has 0 aliphatic heterocycles. The molecule has 1 unspecified atom stereocenters. The summed E-state index contributed by atoms with van der Waals surface area (Å²) in [6.07, 6.45) is 7.05. The van der Waals surface area contributed by atoms with Crippen molar-refractivity contribution in [2.45, 2.75) is 12.8 Å². The third-order valence-corrected chi connectivity index (χ3v) is 5.05. The van der Waals surface area contributed by atoms with E-state index in [1.54, 1.807) is 25.7 Å². The Morgan fingerprint density at radius 1 is 1.43 bits per heavy atom. The van der Waals surface area contributed by atoms with Gasteiger partial charge in [0, 0.05) is 48.1 Å².